The van der Waals surface area contributed by atoms with E-state index in [9.17, 15) is 19.8 Å². The number of carboxylic acids is 2. The molecule has 0 aromatic carbocycles. The van der Waals surface area contributed by atoms with Gasteiger partial charge in [-0.3, -0.25) is 9.59 Å². The van der Waals surface area contributed by atoms with Gasteiger partial charge >= 0.3 is 11.9 Å². The van der Waals surface area contributed by atoms with Gasteiger partial charge in [-0.15, -0.1) is 0 Å². The van der Waals surface area contributed by atoms with E-state index in [1.807, 2.05) is 0 Å². The Bertz CT molecular complexity index is 373. The minimum absolute atomic E-state index is 0.428. The lowest BCUT2D eigenvalue weighted by atomic mass is 9.73. The van der Waals surface area contributed by atoms with Crippen LogP contribution in [0.1, 0.15) is 78.1 Å². The summed E-state index contributed by atoms with van der Waals surface area (Å²) in [5.41, 5.74) is 2.46. The number of unbranched alkanes of at least 4 members (excludes halogenated alkanes) is 4. The Hall–Kier alpha value is -1.32. The zero-order valence-corrected chi connectivity index (χ0v) is 13.9. The van der Waals surface area contributed by atoms with Gasteiger partial charge in [-0.25, -0.2) is 0 Å². The predicted octanol–water partition coefficient (Wildman–Crippen LogP) is 4.64. The quantitative estimate of drug-likeness (QED) is 0.455. The average molecular weight is 310 g/mol. The highest BCUT2D eigenvalue weighted by Crippen LogP contribution is 2.39. The van der Waals surface area contributed by atoms with Gasteiger partial charge in [0.15, 0.2) is 0 Å². The second-order valence-electron chi connectivity index (χ2n) is 6.42. The molecule has 2 N–H and O–H groups in total. The van der Waals surface area contributed by atoms with Gasteiger partial charge in [0, 0.05) is 0 Å². The van der Waals surface area contributed by atoms with Crippen molar-refractivity contribution in [2.75, 3.05) is 0 Å². The standard InChI is InChI=1S/C18H30O4/c1-3-5-7-9-13-11-15(17(19)20)16(18(21)22)12-14(13)10-8-6-4-2/h15-16H,3-12H2,1-2H3,(H,19,20)(H,21,22). The van der Waals surface area contributed by atoms with Crippen molar-refractivity contribution in [3.63, 3.8) is 0 Å². The molecule has 0 saturated carbocycles. The zero-order chi connectivity index (χ0) is 16.5. The van der Waals surface area contributed by atoms with E-state index in [-0.39, 0.29) is 0 Å². The molecule has 2 unspecified atom stereocenters. The smallest absolute Gasteiger partial charge is 0.307 e. The molecule has 0 bridgehead atoms. The molecule has 1 aliphatic carbocycles. The summed E-state index contributed by atoms with van der Waals surface area (Å²) >= 11 is 0. The van der Waals surface area contributed by atoms with Gasteiger partial charge in [-0.1, -0.05) is 50.7 Å². The van der Waals surface area contributed by atoms with Gasteiger partial charge in [-0.2, -0.15) is 0 Å². The molecule has 0 heterocycles. The molecular formula is C18H30O4. The topological polar surface area (TPSA) is 74.6 Å². The van der Waals surface area contributed by atoms with Crippen LogP contribution in [0.2, 0.25) is 0 Å². The maximum absolute atomic E-state index is 11.4. The Kier molecular flexibility index (Phi) is 8.21. The third kappa shape index (κ3) is 5.47. The highest BCUT2D eigenvalue weighted by Gasteiger charge is 2.38. The van der Waals surface area contributed by atoms with Crippen LogP contribution in [-0.2, 0) is 9.59 Å². The van der Waals surface area contributed by atoms with Crippen molar-refractivity contribution in [2.24, 2.45) is 11.8 Å². The van der Waals surface area contributed by atoms with Crippen LogP contribution in [0.25, 0.3) is 0 Å². The minimum atomic E-state index is -0.965. The van der Waals surface area contributed by atoms with Crippen molar-refractivity contribution in [1.29, 1.82) is 0 Å². The van der Waals surface area contributed by atoms with E-state index < -0.39 is 23.8 Å². The van der Waals surface area contributed by atoms with E-state index in [0.717, 1.165) is 51.4 Å². The van der Waals surface area contributed by atoms with Crippen molar-refractivity contribution < 1.29 is 19.8 Å². The number of aliphatic carboxylic acids is 2. The minimum Gasteiger partial charge on any atom is -0.481 e. The monoisotopic (exact) mass is 310 g/mol. The number of rotatable bonds is 10. The lowest BCUT2D eigenvalue weighted by Gasteiger charge is -2.30. The molecule has 0 radical (unpaired) electrons. The Morgan fingerprint density at radius 1 is 0.818 bits per heavy atom. The molecule has 0 amide bonds. The Morgan fingerprint density at radius 3 is 1.45 bits per heavy atom. The summed E-state index contributed by atoms with van der Waals surface area (Å²) < 4.78 is 0. The highest BCUT2D eigenvalue weighted by atomic mass is 16.4. The summed E-state index contributed by atoms with van der Waals surface area (Å²) in [5.74, 6) is -3.45. The van der Waals surface area contributed by atoms with Crippen molar-refractivity contribution in [2.45, 2.75) is 78.1 Å². The average Bonchev–Trinajstić information content (AvgIpc) is 2.48. The molecule has 126 valence electrons. The maximum Gasteiger partial charge on any atom is 0.307 e. The molecule has 0 fully saturated rings. The number of hydrogen-bond acceptors (Lipinski definition) is 2. The largest absolute Gasteiger partial charge is 0.481 e. The zero-order valence-electron chi connectivity index (χ0n) is 13.9. The summed E-state index contributed by atoms with van der Waals surface area (Å²) in [6.07, 6.45) is 9.45. The van der Waals surface area contributed by atoms with Gasteiger partial charge in [-0.05, 0) is 38.5 Å². The Morgan fingerprint density at radius 2 is 1.18 bits per heavy atom. The second-order valence-corrected chi connectivity index (χ2v) is 6.42. The van der Waals surface area contributed by atoms with Crippen LogP contribution in [0.15, 0.2) is 11.1 Å². The molecule has 2 atom stereocenters. The van der Waals surface area contributed by atoms with E-state index in [1.54, 1.807) is 0 Å². The van der Waals surface area contributed by atoms with Crippen LogP contribution >= 0.6 is 0 Å². The van der Waals surface area contributed by atoms with Gasteiger partial charge in [0.05, 0.1) is 11.8 Å². The molecule has 0 aromatic rings. The van der Waals surface area contributed by atoms with Crippen molar-refractivity contribution in [1.82, 2.24) is 0 Å². The van der Waals surface area contributed by atoms with Crippen LogP contribution in [0.3, 0.4) is 0 Å². The summed E-state index contributed by atoms with van der Waals surface area (Å²) in [7, 11) is 0. The van der Waals surface area contributed by atoms with Gasteiger partial charge in [0.1, 0.15) is 0 Å². The highest BCUT2D eigenvalue weighted by molar-refractivity contribution is 5.81. The Balaban J connectivity index is 2.89. The number of carbonyl (C=O) groups is 2. The number of allylic oxidation sites excluding steroid dienone is 2. The maximum atomic E-state index is 11.4. The molecule has 0 aliphatic heterocycles. The first-order valence-corrected chi connectivity index (χ1v) is 8.66. The van der Waals surface area contributed by atoms with Gasteiger partial charge in [0.25, 0.3) is 0 Å². The first kappa shape index (κ1) is 18.7. The predicted molar refractivity (Wildman–Crippen MR) is 86.8 cm³/mol. The number of carboxylic acid groups (broad SMARTS) is 2. The van der Waals surface area contributed by atoms with Crippen molar-refractivity contribution >= 4 is 11.9 Å². The Labute approximate surface area is 133 Å². The first-order chi connectivity index (χ1) is 10.5. The molecule has 22 heavy (non-hydrogen) atoms. The molecule has 4 nitrogen and oxygen atoms in total. The molecule has 1 rings (SSSR count). The SMILES string of the molecule is CCCCCC1=C(CCCCC)CC(C(=O)O)C(C(=O)O)C1. The second kappa shape index (κ2) is 9.65. The lowest BCUT2D eigenvalue weighted by molar-refractivity contribution is -0.154. The molecule has 4 heteroatoms. The van der Waals surface area contributed by atoms with Crippen molar-refractivity contribution in [3.8, 4) is 0 Å². The summed E-state index contributed by atoms with van der Waals surface area (Å²) in [5, 5.41) is 18.7. The first-order valence-electron chi connectivity index (χ1n) is 8.66. The molecule has 0 saturated heterocycles. The van der Waals surface area contributed by atoms with Crippen molar-refractivity contribution in [3.05, 3.63) is 11.1 Å². The fraction of sp³-hybridized carbons (Fsp3) is 0.778. The molecular weight excluding hydrogens is 280 g/mol. The van der Waals surface area contributed by atoms with Gasteiger partial charge < -0.3 is 10.2 Å². The molecule has 0 aromatic heterocycles. The van der Waals surface area contributed by atoms with E-state index in [2.05, 4.69) is 13.8 Å². The summed E-state index contributed by atoms with van der Waals surface area (Å²) in [6, 6.07) is 0. The summed E-state index contributed by atoms with van der Waals surface area (Å²) in [6.45, 7) is 4.30. The van der Waals surface area contributed by atoms with E-state index in [0.29, 0.717) is 12.8 Å². The third-order valence-electron chi connectivity index (χ3n) is 4.72. The van der Waals surface area contributed by atoms with Crippen LogP contribution in [0, 0.1) is 11.8 Å². The van der Waals surface area contributed by atoms with Crippen LogP contribution in [0.5, 0.6) is 0 Å². The van der Waals surface area contributed by atoms with E-state index >= 15 is 0 Å². The van der Waals surface area contributed by atoms with Crippen LogP contribution < -0.4 is 0 Å². The fourth-order valence-corrected chi connectivity index (χ4v) is 3.36. The third-order valence-corrected chi connectivity index (χ3v) is 4.72. The van der Waals surface area contributed by atoms with E-state index in [4.69, 9.17) is 0 Å². The van der Waals surface area contributed by atoms with Crippen LogP contribution in [-0.4, -0.2) is 22.2 Å². The molecule has 0 spiro atoms. The van der Waals surface area contributed by atoms with E-state index in [1.165, 1.54) is 11.1 Å². The molecule has 1 aliphatic rings. The fourth-order valence-electron chi connectivity index (χ4n) is 3.36. The van der Waals surface area contributed by atoms with Gasteiger partial charge in [0.2, 0.25) is 0 Å². The lowest BCUT2D eigenvalue weighted by Crippen LogP contribution is -2.33. The number of hydrogen-bond donors (Lipinski definition) is 2. The van der Waals surface area contributed by atoms with Crippen LogP contribution in [0.4, 0.5) is 0 Å². The normalized spacial score (nSPS) is 21.9. The summed E-state index contributed by atoms with van der Waals surface area (Å²) in [4.78, 5) is 22.9.